The summed E-state index contributed by atoms with van der Waals surface area (Å²) in [6, 6.07) is 14.9. The van der Waals surface area contributed by atoms with Gasteiger partial charge in [-0.3, -0.25) is 9.59 Å². The zero-order chi connectivity index (χ0) is 32.8. The third-order valence-corrected chi connectivity index (χ3v) is 13.4. The van der Waals surface area contributed by atoms with Gasteiger partial charge in [0.2, 0.25) is 0 Å². The second kappa shape index (κ2) is 11.1. The number of rotatable bonds is 6. The van der Waals surface area contributed by atoms with Crippen molar-refractivity contribution in [2.45, 2.75) is 83.7 Å². The maximum absolute atomic E-state index is 17.6. The summed E-state index contributed by atoms with van der Waals surface area (Å²) >= 11 is 0.404. The van der Waals surface area contributed by atoms with Crippen molar-refractivity contribution in [2.24, 2.45) is 22.7 Å². The summed E-state index contributed by atoms with van der Waals surface area (Å²) in [5, 5.41) is 21.9. The van der Waals surface area contributed by atoms with E-state index in [0.717, 1.165) is 20.8 Å². The van der Waals surface area contributed by atoms with Gasteiger partial charge in [0, 0.05) is 38.2 Å². The molecule has 2 aromatic carbocycles. The predicted molar refractivity (Wildman–Crippen MR) is 167 cm³/mol. The quantitative estimate of drug-likeness (QED) is 0.403. The van der Waals surface area contributed by atoms with Crippen LogP contribution < -0.4 is 0 Å². The van der Waals surface area contributed by atoms with Crippen LogP contribution in [0.4, 0.5) is 8.78 Å². The zero-order valence-corrected chi connectivity index (χ0v) is 27.3. The standard InChI is InChI=1S/C35H36F2O7S2/c1-32-12-11-20(39)13-26(32)27(36)15-25-24-16-30-35(29(41)18-38,33(24,2)17-28(40)34(25,32)37)44-31(43-30)19-7-9-21(10-8-19)45-22-5-4-6-23(14-22)46(3)42/h4-14,24-25,27-28,30-31,38,40H,15-18H2,1-3H3/t24-,25-,27-,28-,30+,31+,32-,33-,34-,35+,46?/m0/s1. The van der Waals surface area contributed by atoms with Crippen molar-refractivity contribution in [1.29, 1.82) is 0 Å². The number of carbonyl (C=O) groups excluding carboxylic acids is 2. The Balaban J connectivity index is 1.19. The van der Waals surface area contributed by atoms with E-state index in [1.165, 1.54) is 30.8 Å². The first-order valence-corrected chi connectivity index (χ1v) is 17.8. The average molecular weight is 671 g/mol. The summed E-state index contributed by atoms with van der Waals surface area (Å²) < 4.78 is 58.2. The molecule has 4 aliphatic carbocycles. The van der Waals surface area contributed by atoms with Crippen molar-refractivity contribution in [3.63, 3.8) is 0 Å². The number of benzene rings is 2. The highest BCUT2D eigenvalue weighted by molar-refractivity contribution is 7.99. The molecule has 11 atom stereocenters. The molecule has 2 aromatic rings. The van der Waals surface area contributed by atoms with E-state index < -0.39 is 88.0 Å². The van der Waals surface area contributed by atoms with Crippen LogP contribution in [0.5, 0.6) is 0 Å². The number of alkyl halides is 2. The lowest BCUT2D eigenvalue weighted by Crippen LogP contribution is -2.70. The highest BCUT2D eigenvalue weighted by atomic mass is 32.2. The maximum atomic E-state index is 17.6. The van der Waals surface area contributed by atoms with Crippen molar-refractivity contribution < 1.29 is 42.6 Å². The van der Waals surface area contributed by atoms with Crippen LogP contribution in [0.2, 0.25) is 0 Å². The van der Waals surface area contributed by atoms with Gasteiger partial charge in [-0.15, -0.1) is 0 Å². The van der Waals surface area contributed by atoms with Gasteiger partial charge in [-0.25, -0.2) is 8.78 Å². The number of ether oxygens (including phenoxy) is 2. The molecule has 0 radical (unpaired) electrons. The Morgan fingerprint density at radius 1 is 1.13 bits per heavy atom. The van der Waals surface area contributed by atoms with Gasteiger partial charge in [-0.1, -0.05) is 43.0 Å². The molecule has 0 spiro atoms. The molecule has 11 heteroatoms. The van der Waals surface area contributed by atoms with E-state index in [0.29, 0.717) is 5.56 Å². The smallest absolute Gasteiger partial charge is 0.193 e. The van der Waals surface area contributed by atoms with E-state index in [4.69, 9.17) is 9.47 Å². The summed E-state index contributed by atoms with van der Waals surface area (Å²) in [5.41, 5.74) is -6.05. The Morgan fingerprint density at radius 3 is 2.57 bits per heavy atom. The normalized spacial score (nSPS) is 41.7. The van der Waals surface area contributed by atoms with Crippen molar-refractivity contribution in [1.82, 2.24) is 0 Å². The zero-order valence-electron chi connectivity index (χ0n) is 25.7. The summed E-state index contributed by atoms with van der Waals surface area (Å²) in [5.74, 6) is -2.66. The SMILES string of the molecule is C[S+]([O-])c1cccc(Sc2ccc([C@@H]3O[C@@H]4C[C@H]5[C@@H]6C[C@H](F)C7=CC(=O)C=C[C@]7(C)[C@@]6(F)[C@@H](O)C[C@]5(C)[C@]4(C(=O)CO)O3)cc2)c1. The molecule has 7 rings (SSSR count). The third kappa shape index (κ3) is 4.35. The fourth-order valence-corrected chi connectivity index (χ4v) is 10.8. The van der Waals surface area contributed by atoms with Gasteiger partial charge in [0.25, 0.3) is 0 Å². The first-order valence-electron chi connectivity index (χ1n) is 15.4. The second-order valence-corrected chi connectivity index (χ2v) is 16.1. The third-order valence-electron chi connectivity index (χ3n) is 11.5. The molecule has 0 bridgehead atoms. The van der Waals surface area contributed by atoms with Gasteiger partial charge in [-0.05, 0) is 85.3 Å². The van der Waals surface area contributed by atoms with Crippen molar-refractivity contribution in [3.05, 3.63) is 77.9 Å². The van der Waals surface area contributed by atoms with E-state index in [1.807, 2.05) is 48.5 Å². The molecule has 0 aromatic heterocycles. The fraction of sp³-hybridized carbons (Fsp3) is 0.486. The van der Waals surface area contributed by atoms with Crippen LogP contribution in [-0.2, 0) is 30.2 Å². The number of hydrogen-bond acceptors (Lipinski definition) is 8. The molecular formula is C35H36F2O7S2. The number of aliphatic hydroxyl groups excluding tert-OH is 2. The molecule has 244 valence electrons. The number of fused-ring (bicyclic) bond motifs is 7. The van der Waals surface area contributed by atoms with Crippen LogP contribution in [0.15, 0.2) is 87.0 Å². The van der Waals surface area contributed by atoms with Gasteiger partial charge in [-0.2, -0.15) is 0 Å². The lowest BCUT2D eigenvalue weighted by molar-refractivity contribution is -0.235. The first-order chi connectivity index (χ1) is 21.8. The van der Waals surface area contributed by atoms with Gasteiger partial charge >= 0.3 is 0 Å². The van der Waals surface area contributed by atoms with Gasteiger partial charge in [0.05, 0.1) is 12.2 Å². The number of hydrogen-bond donors (Lipinski definition) is 2. The van der Waals surface area contributed by atoms with Crippen LogP contribution in [0.3, 0.4) is 0 Å². The monoisotopic (exact) mass is 670 g/mol. The predicted octanol–water partition coefficient (Wildman–Crippen LogP) is 5.22. The molecule has 3 saturated carbocycles. The Labute approximate surface area is 273 Å². The first kappa shape index (κ1) is 32.2. The molecule has 1 unspecified atom stereocenters. The number of allylic oxidation sites excluding steroid dienone is 4. The Morgan fingerprint density at radius 2 is 1.87 bits per heavy atom. The number of Topliss-reactive ketones (excluding diaryl/α,β-unsaturated/α-hetero) is 1. The lowest BCUT2D eigenvalue weighted by Gasteiger charge is -2.63. The van der Waals surface area contributed by atoms with E-state index in [9.17, 15) is 24.4 Å². The van der Waals surface area contributed by atoms with Crippen molar-refractivity contribution in [2.75, 3.05) is 12.9 Å². The van der Waals surface area contributed by atoms with Crippen molar-refractivity contribution in [3.8, 4) is 0 Å². The van der Waals surface area contributed by atoms with Gasteiger partial charge in [0.1, 0.15) is 19.0 Å². The topological polar surface area (TPSA) is 116 Å². The fourth-order valence-electron chi connectivity index (χ4n) is 9.26. The molecular weight excluding hydrogens is 635 g/mol. The molecule has 5 aliphatic rings. The number of ketones is 2. The van der Waals surface area contributed by atoms with Crippen molar-refractivity contribution >= 4 is 34.5 Å². The molecule has 2 N–H and O–H groups in total. The number of halogens is 2. The van der Waals surface area contributed by atoms with E-state index in [1.54, 1.807) is 13.2 Å². The number of carbonyl (C=O) groups is 2. The summed E-state index contributed by atoms with van der Waals surface area (Å²) in [4.78, 5) is 28.4. The van der Waals surface area contributed by atoms with E-state index >= 15 is 8.78 Å². The molecule has 0 amide bonds. The molecule has 46 heavy (non-hydrogen) atoms. The van der Waals surface area contributed by atoms with Gasteiger partial charge < -0.3 is 24.2 Å². The highest BCUT2D eigenvalue weighted by Gasteiger charge is 2.80. The Hall–Kier alpha value is -2.38. The second-order valence-electron chi connectivity index (χ2n) is 13.6. The Kier molecular flexibility index (Phi) is 7.75. The van der Waals surface area contributed by atoms with Gasteiger partial charge in [0.15, 0.2) is 34.0 Å². The van der Waals surface area contributed by atoms with E-state index in [-0.39, 0.29) is 24.8 Å². The molecule has 7 nitrogen and oxygen atoms in total. The number of aliphatic hydroxyl groups is 2. The molecule has 1 aliphatic heterocycles. The largest absolute Gasteiger partial charge is 0.612 e. The molecule has 1 heterocycles. The minimum absolute atomic E-state index is 0.0305. The minimum atomic E-state index is -2.30. The van der Waals surface area contributed by atoms with Crippen LogP contribution in [0.1, 0.15) is 45.0 Å². The Bertz CT molecular complexity index is 1650. The lowest BCUT2D eigenvalue weighted by atomic mass is 9.44. The summed E-state index contributed by atoms with van der Waals surface area (Å²) in [6.07, 6.45) is 0.0878. The van der Waals surface area contributed by atoms with Crippen LogP contribution in [0.25, 0.3) is 0 Å². The highest BCUT2D eigenvalue weighted by Crippen LogP contribution is 2.72. The van der Waals surface area contributed by atoms with E-state index in [2.05, 4.69) is 0 Å². The minimum Gasteiger partial charge on any atom is -0.612 e. The molecule has 1 saturated heterocycles. The van der Waals surface area contributed by atoms with Crippen LogP contribution >= 0.6 is 11.8 Å². The molecule has 4 fully saturated rings. The summed E-state index contributed by atoms with van der Waals surface area (Å²) in [7, 11) is 0. The maximum Gasteiger partial charge on any atom is 0.193 e. The summed E-state index contributed by atoms with van der Waals surface area (Å²) in [6.45, 7) is 2.45. The van der Waals surface area contributed by atoms with Crippen LogP contribution in [-0.4, -0.2) is 68.8 Å². The van der Waals surface area contributed by atoms with Crippen LogP contribution in [0, 0.1) is 22.7 Å². The average Bonchev–Trinajstić information content (AvgIpc) is 3.53.